The number of benzene rings is 1. The van der Waals surface area contributed by atoms with Crippen molar-refractivity contribution in [2.24, 2.45) is 5.92 Å². The zero-order chi connectivity index (χ0) is 19.3. The van der Waals surface area contributed by atoms with Crippen molar-refractivity contribution < 1.29 is 19.1 Å². The number of carbonyl (C=O) groups excluding carboxylic acids is 2. The molecule has 5 aliphatic rings. The minimum Gasteiger partial charge on any atom is -0.467 e. The first kappa shape index (κ1) is 16.4. The fraction of sp³-hybridized carbons (Fsp3) is 0.524. The maximum absolute atomic E-state index is 13.1. The smallest absolute Gasteiger partial charge is 0.410 e. The highest BCUT2D eigenvalue weighted by Crippen LogP contribution is 2.65. The summed E-state index contributed by atoms with van der Waals surface area (Å²) >= 11 is 0. The van der Waals surface area contributed by atoms with Crippen LogP contribution in [-0.4, -0.2) is 54.9 Å². The summed E-state index contributed by atoms with van der Waals surface area (Å²) in [7, 11) is 1.44. The fourth-order valence-electron chi connectivity index (χ4n) is 6.69. The van der Waals surface area contributed by atoms with Crippen LogP contribution in [0.25, 0.3) is 0 Å². The molecule has 4 fully saturated rings. The number of fused-ring (bicyclic) bond motifs is 3. The van der Waals surface area contributed by atoms with E-state index in [0.717, 1.165) is 30.8 Å². The Bertz CT molecular complexity index is 945. The Hall–Kier alpha value is -2.54. The molecule has 5 heterocycles. The molecule has 5 atom stereocenters. The number of para-hydroxylation sites is 1. The van der Waals surface area contributed by atoms with Gasteiger partial charge in [-0.15, -0.1) is 0 Å². The number of hydrogen-bond donors (Lipinski definition) is 1. The van der Waals surface area contributed by atoms with Crippen molar-refractivity contribution in [3.05, 3.63) is 41.5 Å². The van der Waals surface area contributed by atoms with Crippen LogP contribution in [0.4, 0.5) is 10.5 Å². The second-order valence-electron chi connectivity index (χ2n) is 8.41. The molecule has 7 nitrogen and oxygen atoms in total. The number of carbonyl (C=O) groups is 2. The number of rotatable bonds is 1. The van der Waals surface area contributed by atoms with E-state index in [1.165, 1.54) is 12.7 Å². The molecule has 0 saturated carbocycles. The summed E-state index contributed by atoms with van der Waals surface area (Å²) in [5.41, 5.74) is 1.68. The highest BCUT2D eigenvalue weighted by molar-refractivity contribution is 5.88. The third-order valence-electron chi connectivity index (χ3n) is 7.64. The molecule has 7 heteroatoms. The van der Waals surface area contributed by atoms with Crippen LogP contribution in [0.3, 0.4) is 0 Å². The number of methoxy groups -OCH3 is 1. The van der Waals surface area contributed by atoms with Gasteiger partial charge in [0.1, 0.15) is 6.04 Å². The topological polar surface area (TPSA) is 71.1 Å². The van der Waals surface area contributed by atoms with E-state index in [-0.39, 0.29) is 17.9 Å². The van der Waals surface area contributed by atoms with Crippen LogP contribution in [0.2, 0.25) is 0 Å². The third-order valence-corrected chi connectivity index (χ3v) is 7.64. The normalized spacial score (nSPS) is 41.2. The minimum atomic E-state index is -0.777. The average molecular weight is 381 g/mol. The van der Waals surface area contributed by atoms with E-state index in [1.807, 2.05) is 31.2 Å². The lowest BCUT2D eigenvalue weighted by Crippen LogP contribution is -2.83. The Morgan fingerprint density at radius 2 is 2.21 bits per heavy atom. The van der Waals surface area contributed by atoms with Crippen molar-refractivity contribution in [3.8, 4) is 0 Å². The molecule has 28 heavy (non-hydrogen) atoms. The van der Waals surface area contributed by atoms with E-state index in [2.05, 4.69) is 21.2 Å². The quantitative estimate of drug-likeness (QED) is 0.590. The van der Waals surface area contributed by atoms with Gasteiger partial charge in [-0.05, 0) is 19.4 Å². The SMILES string of the molecule is CC=C1CN2CC[C@@]34OC(=O)N[C@@]35[C@@H]2C[C@@H]1[C@@H](C(=O)OC)N5c1ccccc14. The molecule has 4 saturated heterocycles. The summed E-state index contributed by atoms with van der Waals surface area (Å²) in [5.74, 6) is -0.202. The van der Waals surface area contributed by atoms with Gasteiger partial charge in [0.2, 0.25) is 0 Å². The predicted octanol–water partition coefficient (Wildman–Crippen LogP) is 1.73. The van der Waals surface area contributed by atoms with Crippen LogP contribution < -0.4 is 10.2 Å². The molecule has 146 valence electrons. The van der Waals surface area contributed by atoms with Gasteiger partial charge in [-0.1, -0.05) is 29.8 Å². The highest BCUT2D eigenvalue weighted by Gasteiger charge is 2.79. The van der Waals surface area contributed by atoms with E-state index >= 15 is 0 Å². The summed E-state index contributed by atoms with van der Waals surface area (Å²) in [6, 6.07) is 7.63. The Kier molecular flexibility index (Phi) is 2.98. The van der Waals surface area contributed by atoms with Gasteiger partial charge in [0, 0.05) is 36.7 Å². The first-order valence-electron chi connectivity index (χ1n) is 9.94. The van der Waals surface area contributed by atoms with Gasteiger partial charge < -0.3 is 14.4 Å². The van der Waals surface area contributed by atoms with Gasteiger partial charge in [-0.25, -0.2) is 9.59 Å². The van der Waals surface area contributed by atoms with Crippen molar-refractivity contribution in [1.29, 1.82) is 0 Å². The van der Waals surface area contributed by atoms with Crippen LogP contribution in [0.15, 0.2) is 35.9 Å². The Morgan fingerprint density at radius 3 is 3.00 bits per heavy atom. The third kappa shape index (κ3) is 1.55. The lowest BCUT2D eigenvalue weighted by Gasteiger charge is -2.63. The molecule has 1 spiro atoms. The van der Waals surface area contributed by atoms with Crippen LogP contribution in [0, 0.1) is 5.92 Å². The largest absolute Gasteiger partial charge is 0.467 e. The summed E-state index contributed by atoms with van der Waals surface area (Å²) in [6.07, 6.45) is 3.24. The van der Waals surface area contributed by atoms with Crippen molar-refractivity contribution in [3.63, 3.8) is 0 Å². The summed E-state index contributed by atoms with van der Waals surface area (Å²) in [4.78, 5) is 30.3. The molecular weight excluding hydrogens is 358 g/mol. The Labute approximate surface area is 163 Å². The zero-order valence-corrected chi connectivity index (χ0v) is 16.0. The number of nitrogens with zero attached hydrogens (tertiary/aromatic N) is 2. The molecule has 1 aromatic carbocycles. The Balaban J connectivity index is 1.68. The lowest BCUT2D eigenvalue weighted by atomic mass is 9.64. The number of esters is 1. The maximum atomic E-state index is 13.1. The van der Waals surface area contributed by atoms with E-state index < -0.39 is 23.4 Å². The van der Waals surface area contributed by atoms with Crippen LogP contribution >= 0.6 is 0 Å². The first-order valence-corrected chi connectivity index (χ1v) is 9.94. The number of hydrogen-bond acceptors (Lipinski definition) is 6. The molecule has 2 bridgehead atoms. The second kappa shape index (κ2) is 5.08. The minimum absolute atomic E-state index is 0.0591. The second-order valence-corrected chi connectivity index (χ2v) is 8.41. The van der Waals surface area contributed by atoms with E-state index in [0.29, 0.717) is 6.42 Å². The standard InChI is InChI=1S/C21H23N3O4/c1-3-12-11-23-9-8-20-14-6-4-5-7-15(14)24-17(18(25)27-2)13(12)10-16(23)21(20,24)22-19(26)28-20/h3-7,13,16-17H,8-11H2,1-2H3,(H,22,26)/t13-,16-,17-,20-,21+/m0/s1. The van der Waals surface area contributed by atoms with Crippen LogP contribution in [-0.2, 0) is 19.9 Å². The molecule has 0 unspecified atom stereocenters. The van der Waals surface area contributed by atoms with Gasteiger partial charge in [0.05, 0.1) is 13.2 Å². The van der Waals surface area contributed by atoms with Gasteiger partial charge in [-0.2, -0.15) is 0 Å². The molecule has 1 aromatic rings. The van der Waals surface area contributed by atoms with Crippen molar-refractivity contribution >= 4 is 17.7 Å². The molecule has 0 radical (unpaired) electrons. The van der Waals surface area contributed by atoms with E-state index in [1.54, 1.807) is 0 Å². The maximum Gasteiger partial charge on any atom is 0.410 e. The average Bonchev–Trinajstić information content (AvgIpc) is 3.14. The van der Waals surface area contributed by atoms with Crippen molar-refractivity contribution in [2.45, 2.75) is 43.1 Å². The van der Waals surface area contributed by atoms with Crippen LogP contribution in [0.5, 0.6) is 0 Å². The monoisotopic (exact) mass is 381 g/mol. The molecular formula is C21H23N3O4. The number of piperidine rings is 3. The van der Waals surface area contributed by atoms with E-state index in [9.17, 15) is 9.59 Å². The van der Waals surface area contributed by atoms with Gasteiger partial charge in [-0.3, -0.25) is 10.2 Å². The number of anilines is 1. The molecule has 5 aliphatic heterocycles. The van der Waals surface area contributed by atoms with Gasteiger partial charge >= 0.3 is 12.1 Å². The molecule has 1 N–H and O–H groups in total. The van der Waals surface area contributed by atoms with Crippen molar-refractivity contribution in [1.82, 2.24) is 10.2 Å². The first-order chi connectivity index (χ1) is 13.6. The Morgan fingerprint density at radius 1 is 1.39 bits per heavy atom. The predicted molar refractivity (Wildman–Crippen MR) is 101 cm³/mol. The number of amides is 1. The molecule has 0 aromatic heterocycles. The number of allylic oxidation sites excluding steroid dienone is 1. The highest BCUT2D eigenvalue weighted by atomic mass is 16.6. The lowest BCUT2D eigenvalue weighted by molar-refractivity contribution is -0.152. The van der Waals surface area contributed by atoms with Gasteiger partial charge in [0.15, 0.2) is 11.3 Å². The van der Waals surface area contributed by atoms with Crippen molar-refractivity contribution in [2.75, 3.05) is 25.1 Å². The molecule has 1 amide bonds. The summed E-state index contributed by atoms with van der Waals surface area (Å²) in [5, 5.41) is 3.19. The number of nitrogens with one attached hydrogen (secondary N) is 1. The van der Waals surface area contributed by atoms with Crippen LogP contribution in [0.1, 0.15) is 25.3 Å². The van der Waals surface area contributed by atoms with Gasteiger partial charge in [0.25, 0.3) is 0 Å². The summed E-state index contributed by atoms with van der Waals surface area (Å²) < 4.78 is 11.3. The summed E-state index contributed by atoms with van der Waals surface area (Å²) in [6.45, 7) is 3.72. The fourth-order valence-corrected chi connectivity index (χ4v) is 6.69. The number of alkyl carbamates (subject to hydrolysis) is 1. The zero-order valence-electron chi connectivity index (χ0n) is 16.0. The number of ether oxygens (including phenoxy) is 2. The van der Waals surface area contributed by atoms with E-state index in [4.69, 9.17) is 9.47 Å². The molecule has 0 aliphatic carbocycles. The molecule has 6 rings (SSSR count).